The number of methoxy groups -OCH3 is 2. The molecule has 0 amide bonds. The molecule has 18 heavy (non-hydrogen) atoms. The van der Waals surface area contributed by atoms with Gasteiger partial charge in [-0.2, -0.15) is 0 Å². The molecule has 1 aliphatic rings. The van der Waals surface area contributed by atoms with Gasteiger partial charge in [0.25, 0.3) is 0 Å². The number of aryl methyl sites for hydroxylation is 1. The van der Waals surface area contributed by atoms with Gasteiger partial charge in [0.1, 0.15) is 11.5 Å². The first-order chi connectivity index (χ1) is 8.57. The van der Waals surface area contributed by atoms with Crippen molar-refractivity contribution >= 4 is 0 Å². The van der Waals surface area contributed by atoms with Crippen LogP contribution >= 0.6 is 0 Å². The summed E-state index contributed by atoms with van der Waals surface area (Å²) in [7, 11) is 3.31. The van der Waals surface area contributed by atoms with E-state index in [1.807, 2.05) is 19.1 Å². The number of nitrogens with two attached hydrogens (primary N) is 2. The van der Waals surface area contributed by atoms with Gasteiger partial charge in [0, 0.05) is 23.1 Å². The van der Waals surface area contributed by atoms with Gasteiger partial charge in [-0.25, -0.2) is 0 Å². The molecule has 4 N–H and O–H groups in total. The molecule has 1 aromatic rings. The Morgan fingerprint density at radius 1 is 1.28 bits per heavy atom. The molecule has 1 atom stereocenters. The van der Waals surface area contributed by atoms with Crippen molar-refractivity contribution in [2.75, 3.05) is 20.8 Å². The van der Waals surface area contributed by atoms with Crippen LogP contribution in [0.25, 0.3) is 0 Å². The van der Waals surface area contributed by atoms with Crippen LogP contribution in [0.3, 0.4) is 0 Å². The fourth-order valence-electron chi connectivity index (χ4n) is 2.53. The molecule has 0 spiro atoms. The Morgan fingerprint density at radius 2 is 1.94 bits per heavy atom. The molecule has 4 heteroatoms. The average Bonchev–Trinajstić information content (AvgIpc) is 3.17. The van der Waals surface area contributed by atoms with E-state index < -0.39 is 0 Å². The lowest BCUT2D eigenvalue weighted by atomic mass is 9.87. The topological polar surface area (TPSA) is 70.5 Å². The van der Waals surface area contributed by atoms with Crippen LogP contribution in [-0.4, -0.2) is 20.8 Å². The van der Waals surface area contributed by atoms with Gasteiger partial charge in [-0.3, -0.25) is 0 Å². The second-order valence-corrected chi connectivity index (χ2v) is 5.10. The van der Waals surface area contributed by atoms with Crippen LogP contribution in [0.5, 0.6) is 11.5 Å². The summed E-state index contributed by atoms with van der Waals surface area (Å²) in [4.78, 5) is 0. The zero-order chi connectivity index (χ0) is 13.3. The summed E-state index contributed by atoms with van der Waals surface area (Å²) in [6, 6.07) is 3.81. The van der Waals surface area contributed by atoms with E-state index in [0.29, 0.717) is 6.54 Å². The van der Waals surface area contributed by atoms with Gasteiger partial charge < -0.3 is 20.9 Å². The number of benzene rings is 1. The standard InChI is InChI=1S/C14H22N2O2/c1-9-6-10(17-2)7-11(18-3)12(9)13(16)14(8-15)4-5-14/h6-7,13H,4-5,8,15-16H2,1-3H3. The van der Waals surface area contributed by atoms with Crippen LogP contribution in [0, 0.1) is 12.3 Å². The van der Waals surface area contributed by atoms with E-state index in [1.54, 1.807) is 14.2 Å². The summed E-state index contributed by atoms with van der Waals surface area (Å²) in [5, 5.41) is 0. The van der Waals surface area contributed by atoms with Crippen LogP contribution < -0.4 is 20.9 Å². The molecule has 0 saturated heterocycles. The zero-order valence-electron chi connectivity index (χ0n) is 11.3. The molecule has 1 fully saturated rings. The average molecular weight is 250 g/mol. The Labute approximate surface area is 108 Å². The van der Waals surface area contributed by atoms with E-state index in [-0.39, 0.29) is 11.5 Å². The highest BCUT2D eigenvalue weighted by Crippen LogP contribution is 2.55. The molecule has 0 aliphatic heterocycles. The molecular weight excluding hydrogens is 228 g/mol. The van der Waals surface area contributed by atoms with Crippen molar-refractivity contribution in [3.63, 3.8) is 0 Å². The summed E-state index contributed by atoms with van der Waals surface area (Å²) in [5.41, 5.74) is 14.5. The van der Waals surface area contributed by atoms with Gasteiger partial charge >= 0.3 is 0 Å². The van der Waals surface area contributed by atoms with Crippen LogP contribution in [-0.2, 0) is 0 Å². The van der Waals surface area contributed by atoms with Crippen molar-refractivity contribution in [2.45, 2.75) is 25.8 Å². The molecule has 0 radical (unpaired) electrons. The van der Waals surface area contributed by atoms with Crippen molar-refractivity contribution in [3.8, 4) is 11.5 Å². The third-order valence-corrected chi connectivity index (χ3v) is 4.05. The number of ether oxygens (including phenoxy) is 2. The molecule has 0 aromatic heterocycles. The Morgan fingerprint density at radius 3 is 2.39 bits per heavy atom. The Bertz CT molecular complexity index is 442. The normalized spacial score (nSPS) is 18.3. The lowest BCUT2D eigenvalue weighted by Gasteiger charge is -2.26. The lowest BCUT2D eigenvalue weighted by Crippen LogP contribution is -2.30. The predicted molar refractivity (Wildman–Crippen MR) is 71.9 cm³/mol. The Hall–Kier alpha value is -1.26. The summed E-state index contributed by atoms with van der Waals surface area (Å²) < 4.78 is 10.7. The van der Waals surface area contributed by atoms with Gasteiger partial charge in [-0.15, -0.1) is 0 Å². The summed E-state index contributed by atoms with van der Waals surface area (Å²) in [6.07, 6.45) is 2.19. The first kappa shape index (κ1) is 13.2. The van der Waals surface area contributed by atoms with Crippen molar-refractivity contribution in [1.29, 1.82) is 0 Å². The van der Waals surface area contributed by atoms with Crippen molar-refractivity contribution in [2.24, 2.45) is 16.9 Å². The SMILES string of the molecule is COc1cc(C)c(C(N)C2(CN)CC2)c(OC)c1. The second-order valence-electron chi connectivity index (χ2n) is 5.10. The third kappa shape index (κ3) is 2.06. The summed E-state index contributed by atoms with van der Waals surface area (Å²) in [6.45, 7) is 2.66. The Balaban J connectivity index is 2.43. The number of rotatable bonds is 5. The lowest BCUT2D eigenvalue weighted by molar-refractivity contribution is 0.366. The van der Waals surface area contributed by atoms with Gasteiger partial charge in [0.05, 0.1) is 14.2 Å². The highest BCUT2D eigenvalue weighted by atomic mass is 16.5. The van der Waals surface area contributed by atoms with Crippen molar-refractivity contribution in [3.05, 3.63) is 23.3 Å². The highest BCUT2D eigenvalue weighted by Gasteiger charge is 2.48. The van der Waals surface area contributed by atoms with Crippen molar-refractivity contribution in [1.82, 2.24) is 0 Å². The molecule has 1 aliphatic carbocycles. The maximum Gasteiger partial charge on any atom is 0.127 e. The minimum Gasteiger partial charge on any atom is -0.497 e. The molecule has 100 valence electrons. The Kier molecular flexibility index (Phi) is 3.50. The van der Waals surface area contributed by atoms with E-state index in [2.05, 4.69) is 0 Å². The van der Waals surface area contributed by atoms with Crippen LogP contribution in [0.4, 0.5) is 0 Å². The molecule has 2 rings (SSSR count). The number of hydrogen-bond acceptors (Lipinski definition) is 4. The fraction of sp³-hybridized carbons (Fsp3) is 0.571. The first-order valence-corrected chi connectivity index (χ1v) is 6.26. The predicted octanol–water partition coefficient (Wildman–Crippen LogP) is 1.75. The van der Waals surface area contributed by atoms with E-state index in [1.165, 1.54) is 0 Å². The van der Waals surface area contributed by atoms with Gasteiger partial charge in [-0.05, 0) is 37.9 Å². The molecule has 1 aromatic carbocycles. The first-order valence-electron chi connectivity index (χ1n) is 6.26. The second kappa shape index (κ2) is 4.78. The van der Waals surface area contributed by atoms with Crippen LogP contribution in [0.15, 0.2) is 12.1 Å². The molecule has 0 heterocycles. The van der Waals surface area contributed by atoms with Crippen LogP contribution in [0.1, 0.15) is 30.0 Å². The third-order valence-electron chi connectivity index (χ3n) is 4.05. The fourth-order valence-corrected chi connectivity index (χ4v) is 2.53. The monoisotopic (exact) mass is 250 g/mol. The summed E-state index contributed by atoms with van der Waals surface area (Å²) >= 11 is 0. The number of hydrogen-bond donors (Lipinski definition) is 2. The van der Waals surface area contributed by atoms with E-state index >= 15 is 0 Å². The smallest absolute Gasteiger partial charge is 0.127 e. The maximum atomic E-state index is 6.41. The molecule has 0 bridgehead atoms. The molecular formula is C14H22N2O2. The summed E-state index contributed by atoms with van der Waals surface area (Å²) in [5.74, 6) is 1.58. The molecule has 1 saturated carbocycles. The van der Waals surface area contributed by atoms with Crippen LogP contribution in [0.2, 0.25) is 0 Å². The largest absolute Gasteiger partial charge is 0.497 e. The quantitative estimate of drug-likeness (QED) is 0.835. The van der Waals surface area contributed by atoms with Gasteiger partial charge in [0.15, 0.2) is 0 Å². The highest BCUT2D eigenvalue weighted by molar-refractivity contribution is 5.49. The van der Waals surface area contributed by atoms with Gasteiger partial charge in [0.2, 0.25) is 0 Å². The zero-order valence-corrected chi connectivity index (χ0v) is 11.3. The molecule has 4 nitrogen and oxygen atoms in total. The van der Waals surface area contributed by atoms with E-state index in [0.717, 1.165) is 35.5 Å². The van der Waals surface area contributed by atoms with Gasteiger partial charge in [-0.1, -0.05) is 0 Å². The molecule has 1 unspecified atom stereocenters. The van der Waals surface area contributed by atoms with E-state index in [9.17, 15) is 0 Å². The maximum absolute atomic E-state index is 6.41. The van der Waals surface area contributed by atoms with Crippen molar-refractivity contribution < 1.29 is 9.47 Å². The van der Waals surface area contributed by atoms with E-state index in [4.69, 9.17) is 20.9 Å². The minimum absolute atomic E-state index is 0.0621. The minimum atomic E-state index is -0.0663.